The number of amides is 1. The molecular formula is C13H17BrClNO4S. The predicted molar refractivity (Wildman–Crippen MR) is 83.0 cm³/mol. The summed E-state index contributed by atoms with van der Waals surface area (Å²) in [5.41, 5.74) is 0. The highest BCUT2D eigenvalue weighted by Gasteiger charge is 2.27. The van der Waals surface area contributed by atoms with Gasteiger partial charge in [-0.2, -0.15) is 0 Å². The van der Waals surface area contributed by atoms with Gasteiger partial charge in [-0.15, -0.1) is 0 Å². The van der Waals surface area contributed by atoms with Gasteiger partial charge in [-0.05, 0) is 41.1 Å². The van der Waals surface area contributed by atoms with Crippen molar-refractivity contribution in [2.75, 3.05) is 13.1 Å². The number of hydrogen-bond donors (Lipinski definition) is 0. The van der Waals surface area contributed by atoms with Crippen LogP contribution in [0.25, 0.3) is 0 Å². The molecule has 8 heteroatoms. The molecule has 21 heavy (non-hydrogen) atoms. The molecule has 1 unspecified atom stereocenters. The molecule has 0 saturated carbocycles. The first-order chi connectivity index (χ1) is 9.82. The van der Waals surface area contributed by atoms with Gasteiger partial charge in [0.05, 0.1) is 0 Å². The maximum atomic E-state index is 12.4. The second kappa shape index (κ2) is 6.71. The van der Waals surface area contributed by atoms with E-state index in [2.05, 4.69) is 22.9 Å². The lowest BCUT2D eigenvalue weighted by Crippen LogP contribution is -2.31. The van der Waals surface area contributed by atoms with E-state index in [0.717, 1.165) is 25.7 Å². The molecule has 5 nitrogen and oxygen atoms in total. The van der Waals surface area contributed by atoms with Gasteiger partial charge in [-0.1, -0.05) is 13.3 Å². The second-order valence-electron chi connectivity index (χ2n) is 5.18. The number of hydrogen-bond acceptors (Lipinski definition) is 4. The van der Waals surface area contributed by atoms with Crippen molar-refractivity contribution in [3.63, 3.8) is 0 Å². The van der Waals surface area contributed by atoms with Crippen LogP contribution in [-0.2, 0) is 9.05 Å². The Kier molecular flexibility index (Phi) is 5.38. The molecule has 1 aliphatic rings. The zero-order chi connectivity index (χ0) is 15.6. The van der Waals surface area contributed by atoms with Crippen molar-refractivity contribution >= 4 is 41.6 Å². The average Bonchev–Trinajstić information content (AvgIpc) is 2.67. The zero-order valence-electron chi connectivity index (χ0n) is 11.6. The van der Waals surface area contributed by atoms with Crippen LogP contribution in [0.5, 0.6) is 0 Å². The molecule has 1 amide bonds. The van der Waals surface area contributed by atoms with Gasteiger partial charge >= 0.3 is 0 Å². The fourth-order valence-electron chi connectivity index (χ4n) is 2.56. The van der Waals surface area contributed by atoms with Gasteiger partial charge < -0.3 is 9.32 Å². The number of furan rings is 1. The maximum absolute atomic E-state index is 12.4. The van der Waals surface area contributed by atoms with Crippen LogP contribution < -0.4 is 0 Å². The van der Waals surface area contributed by atoms with Crippen LogP contribution in [0.2, 0.25) is 0 Å². The molecule has 1 fully saturated rings. The highest BCUT2D eigenvalue weighted by atomic mass is 79.9. The first-order valence-corrected chi connectivity index (χ1v) is 9.96. The van der Waals surface area contributed by atoms with Crippen molar-refractivity contribution in [1.82, 2.24) is 4.90 Å². The molecule has 0 spiro atoms. The predicted octanol–water partition coefficient (Wildman–Crippen LogP) is 3.62. The van der Waals surface area contributed by atoms with E-state index in [9.17, 15) is 13.2 Å². The smallest absolute Gasteiger partial charge is 0.289 e. The summed E-state index contributed by atoms with van der Waals surface area (Å²) in [5.74, 6) is 0.347. The number of carbonyl (C=O) groups is 1. The largest absolute Gasteiger partial charge is 0.443 e. The summed E-state index contributed by atoms with van der Waals surface area (Å²) in [6.07, 6.45) is 4.14. The summed E-state index contributed by atoms with van der Waals surface area (Å²) in [4.78, 5) is 13.9. The summed E-state index contributed by atoms with van der Waals surface area (Å²) in [6.45, 7) is 3.48. The topological polar surface area (TPSA) is 67.6 Å². The minimum atomic E-state index is -3.94. The molecule has 1 aliphatic heterocycles. The van der Waals surface area contributed by atoms with E-state index < -0.39 is 9.05 Å². The first-order valence-electron chi connectivity index (χ1n) is 6.86. The minimum Gasteiger partial charge on any atom is -0.443 e. The lowest BCUT2D eigenvalue weighted by molar-refractivity contribution is 0.0726. The SMILES string of the molecule is CCC1CCCN(C(=O)c2cc(S(=O)(=O)Cl)c(Br)o2)CC1. The Hall–Kier alpha value is -0.530. The molecule has 0 N–H and O–H groups in total. The van der Waals surface area contributed by atoms with Gasteiger partial charge in [0.15, 0.2) is 10.4 Å². The Morgan fingerprint density at radius 1 is 1.48 bits per heavy atom. The molecule has 0 bridgehead atoms. The van der Waals surface area contributed by atoms with Gasteiger partial charge in [0.1, 0.15) is 4.90 Å². The lowest BCUT2D eigenvalue weighted by Gasteiger charge is -2.19. The van der Waals surface area contributed by atoms with E-state index in [-0.39, 0.29) is 21.2 Å². The third-order valence-electron chi connectivity index (χ3n) is 3.84. The molecule has 1 aromatic rings. The van der Waals surface area contributed by atoms with Crippen LogP contribution in [-0.4, -0.2) is 32.3 Å². The highest BCUT2D eigenvalue weighted by Crippen LogP contribution is 2.30. The molecule has 2 heterocycles. The summed E-state index contributed by atoms with van der Waals surface area (Å²) in [7, 11) is 1.35. The summed E-state index contributed by atoms with van der Waals surface area (Å²) in [6, 6.07) is 1.18. The van der Waals surface area contributed by atoms with Crippen molar-refractivity contribution in [3.8, 4) is 0 Å². The van der Waals surface area contributed by atoms with E-state index in [4.69, 9.17) is 15.1 Å². The minimum absolute atomic E-state index is 0.00366. The Balaban J connectivity index is 2.17. The Morgan fingerprint density at radius 3 is 2.76 bits per heavy atom. The van der Waals surface area contributed by atoms with Crippen LogP contribution in [0, 0.1) is 5.92 Å². The first kappa shape index (κ1) is 16.8. The molecule has 1 saturated heterocycles. The van der Waals surface area contributed by atoms with E-state index in [1.807, 2.05) is 0 Å². The van der Waals surface area contributed by atoms with Crippen molar-refractivity contribution in [1.29, 1.82) is 0 Å². The molecule has 2 rings (SSSR count). The van der Waals surface area contributed by atoms with Gasteiger partial charge in [-0.3, -0.25) is 4.79 Å². The van der Waals surface area contributed by atoms with Crippen LogP contribution >= 0.6 is 26.6 Å². The van der Waals surface area contributed by atoms with E-state index in [0.29, 0.717) is 19.0 Å². The summed E-state index contributed by atoms with van der Waals surface area (Å²) in [5, 5.41) is 0. The monoisotopic (exact) mass is 397 g/mol. The van der Waals surface area contributed by atoms with Gasteiger partial charge in [0.2, 0.25) is 0 Å². The molecule has 118 valence electrons. The number of nitrogens with zero attached hydrogens (tertiary/aromatic N) is 1. The normalized spacial score (nSPS) is 20.3. The molecule has 0 aromatic carbocycles. The van der Waals surface area contributed by atoms with Crippen molar-refractivity contribution in [2.24, 2.45) is 5.92 Å². The number of halogens is 2. The number of likely N-dealkylation sites (tertiary alicyclic amines) is 1. The zero-order valence-corrected chi connectivity index (χ0v) is 14.8. The van der Waals surface area contributed by atoms with E-state index in [1.54, 1.807) is 4.90 Å². The van der Waals surface area contributed by atoms with Gasteiger partial charge in [-0.25, -0.2) is 8.42 Å². The second-order valence-corrected chi connectivity index (χ2v) is 8.44. The molecule has 0 radical (unpaired) electrons. The van der Waals surface area contributed by atoms with Gasteiger partial charge in [0.25, 0.3) is 15.0 Å². The standard InChI is InChI=1S/C13H17BrClNO4S/c1-2-9-4-3-6-16(7-5-9)13(17)10-8-11(12(14)20-10)21(15,18)19/h8-9H,2-7H2,1H3. The number of rotatable bonds is 3. The Bertz CT molecular complexity index is 628. The van der Waals surface area contributed by atoms with Crippen LogP contribution in [0.1, 0.15) is 43.2 Å². The highest BCUT2D eigenvalue weighted by molar-refractivity contribution is 9.10. The van der Waals surface area contributed by atoms with E-state index >= 15 is 0 Å². The molecule has 0 aliphatic carbocycles. The fraction of sp³-hybridized carbons (Fsp3) is 0.615. The van der Waals surface area contributed by atoms with Gasteiger partial charge in [0, 0.05) is 29.8 Å². The summed E-state index contributed by atoms with van der Waals surface area (Å²) < 4.78 is 27.9. The fourth-order valence-corrected chi connectivity index (χ4v) is 4.59. The Labute approximate surface area is 137 Å². The third-order valence-corrected chi connectivity index (χ3v) is 6.02. The molecular weight excluding hydrogens is 382 g/mol. The third kappa shape index (κ3) is 4.02. The molecule has 1 aromatic heterocycles. The Morgan fingerprint density at radius 2 is 2.19 bits per heavy atom. The van der Waals surface area contributed by atoms with Crippen molar-refractivity contribution < 1.29 is 17.6 Å². The van der Waals surface area contributed by atoms with Crippen molar-refractivity contribution in [3.05, 3.63) is 16.5 Å². The van der Waals surface area contributed by atoms with Crippen LogP contribution in [0.3, 0.4) is 0 Å². The van der Waals surface area contributed by atoms with Crippen molar-refractivity contribution in [2.45, 2.75) is 37.5 Å². The summed E-state index contributed by atoms with van der Waals surface area (Å²) >= 11 is 2.98. The lowest BCUT2D eigenvalue weighted by atomic mass is 9.98. The quantitative estimate of drug-likeness (QED) is 0.729. The average molecular weight is 399 g/mol. The van der Waals surface area contributed by atoms with Crippen LogP contribution in [0.4, 0.5) is 0 Å². The van der Waals surface area contributed by atoms with E-state index in [1.165, 1.54) is 6.07 Å². The maximum Gasteiger partial charge on any atom is 0.289 e. The van der Waals surface area contributed by atoms with Crippen LogP contribution in [0.15, 0.2) is 20.0 Å². The molecule has 1 atom stereocenters. The number of carbonyl (C=O) groups excluding carboxylic acids is 1.